The van der Waals surface area contributed by atoms with Crippen molar-refractivity contribution in [2.24, 2.45) is 14.1 Å². The Labute approximate surface area is 367 Å². The number of fused-ring (bicyclic) bond motifs is 4. The van der Waals surface area contributed by atoms with Crippen molar-refractivity contribution in [1.29, 1.82) is 0 Å². The second-order valence-corrected chi connectivity index (χ2v) is 29.9. The molecule has 0 atom stereocenters. The summed E-state index contributed by atoms with van der Waals surface area (Å²) < 4.78 is 32.3. The van der Waals surface area contributed by atoms with Crippen molar-refractivity contribution in [3.05, 3.63) is 83.6 Å². The van der Waals surface area contributed by atoms with Crippen LogP contribution in [-0.2, 0) is 43.6 Å². The molecule has 0 aliphatic heterocycles. The number of hydrogen-bond donors (Lipinski definition) is 1. The van der Waals surface area contributed by atoms with Crippen molar-refractivity contribution in [3.63, 3.8) is 0 Å². The van der Waals surface area contributed by atoms with Gasteiger partial charge in [-0.25, -0.2) is 19.9 Å². The molecule has 0 saturated carbocycles. The molecule has 0 radical (unpaired) electrons. The van der Waals surface area contributed by atoms with Crippen LogP contribution < -0.4 is 9.47 Å². The molecule has 0 spiro atoms. The molecule has 8 aromatic rings. The van der Waals surface area contributed by atoms with Crippen molar-refractivity contribution in [1.82, 2.24) is 38.2 Å². The van der Waals surface area contributed by atoms with Crippen LogP contribution in [0.4, 0.5) is 0 Å². The van der Waals surface area contributed by atoms with Crippen LogP contribution in [0.3, 0.4) is 0 Å². The van der Waals surface area contributed by atoms with E-state index >= 15 is 0 Å². The number of halogens is 1. The topological polar surface area (TPSA) is 128 Å². The quantitative estimate of drug-likeness (QED) is 0.0789. The molecule has 2 aromatic carbocycles. The van der Waals surface area contributed by atoms with Crippen LogP contribution >= 0.6 is 15.9 Å². The number of hydrogen-bond acceptors (Lipinski definition) is 9. The highest BCUT2D eigenvalue weighted by molar-refractivity contribution is 9.10. The first kappa shape index (κ1) is 44.2. The highest BCUT2D eigenvalue weighted by atomic mass is 79.9. The predicted octanol–water partition coefficient (Wildman–Crippen LogP) is 10.1. The fourth-order valence-electron chi connectivity index (χ4n) is 7.32. The third kappa shape index (κ3) is 9.95. The van der Waals surface area contributed by atoms with E-state index in [0.29, 0.717) is 19.2 Å². The van der Waals surface area contributed by atoms with Gasteiger partial charge in [-0.15, -0.1) is 0 Å². The molecule has 322 valence electrons. The zero-order valence-electron chi connectivity index (χ0n) is 36.9. The summed E-state index contributed by atoms with van der Waals surface area (Å²) in [6.07, 6.45) is 7.61. The average Bonchev–Trinajstić information content (AvgIpc) is 3.96. The molecule has 0 unspecified atom stereocenters. The molecule has 8 rings (SSSR count). The molecule has 0 fully saturated rings. The van der Waals surface area contributed by atoms with Gasteiger partial charge in [-0.1, -0.05) is 39.3 Å². The summed E-state index contributed by atoms with van der Waals surface area (Å²) in [7, 11) is 5.15. The van der Waals surface area contributed by atoms with Crippen LogP contribution in [0.5, 0.6) is 11.5 Å². The predicted molar refractivity (Wildman–Crippen MR) is 254 cm³/mol. The van der Waals surface area contributed by atoms with Crippen molar-refractivity contribution in [3.8, 4) is 34.0 Å². The van der Waals surface area contributed by atoms with E-state index in [0.717, 1.165) is 108 Å². The van der Waals surface area contributed by atoms with E-state index < -0.39 is 16.1 Å². The molecule has 0 bridgehead atoms. The SMILES string of the molecule is COc1ccc2c(c1)c(-c1cc3nc(Br)cnc3n1COCC[Si](C)(C)C)cn2C.COc1ccc2c(c1)c(-c1cc3nc(CO)cnc3n1COCC[Si](C)(C)C)cn2C. The Hall–Kier alpha value is -4.85. The molecule has 0 saturated heterocycles. The largest absolute Gasteiger partial charge is 0.497 e. The minimum atomic E-state index is -1.17. The number of aryl methyl sites for hydroxylation is 2. The maximum Gasteiger partial charge on any atom is 0.161 e. The Bertz CT molecular complexity index is 2820. The minimum Gasteiger partial charge on any atom is -0.497 e. The maximum absolute atomic E-state index is 9.49. The fourth-order valence-corrected chi connectivity index (χ4v) is 9.13. The minimum absolute atomic E-state index is 0.137. The van der Waals surface area contributed by atoms with Gasteiger partial charge in [0.15, 0.2) is 11.3 Å². The van der Waals surface area contributed by atoms with Gasteiger partial charge >= 0.3 is 0 Å². The molecule has 6 aromatic heterocycles. The smallest absolute Gasteiger partial charge is 0.161 e. The van der Waals surface area contributed by atoms with Crippen LogP contribution in [-0.4, -0.2) is 86.9 Å². The lowest BCUT2D eigenvalue weighted by atomic mass is 10.1. The Balaban J connectivity index is 0.000000184. The Kier molecular flexibility index (Phi) is 13.2. The number of ether oxygens (including phenoxy) is 4. The Morgan fingerprint density at radius 3 is 1.54 bits per heavy atom. The van der Waals surface area contributed by atoms with Crippen molar-refractivity contribution in [2.75, 3.05) is 27.4 Å². The van der Waals surface area contributed by atoms with E-state index in [-0.39, 0.29) is 6.61 Å². The van der Waals surface area contributed by atoms with Crippen molar-refractivity contribution in [2.45, 2.75) is 71.4 Å². The molecular weight excluding hydrogens is 869 g/mol. The average molecular weight is 926 g/mol. The molecular formula is C45H57BrN8O5Si2. The molecule has 61 heavy (non-hydrogen) atoms. The van der Waals surface area contributed by atoms with E-state index in [1.54, 1.807) is 26.6 Å². The third-order valence-corrected chi connectivity index (χ3v) is 14.5. The van der Waals surface area contributed by atoms with Gasteiger partial charge in [-0.05, 0) is 76.5 Å². The van der Waals surface area contributed by atoms with E-state index in [1.165, 1.54) is 0 Å². The summed E-state index contributed by atoms with van der Waals surface area (Å²) in [6.45, 7) is 16.3. The Morgan fingerprint density at radius 1 is 0.639 bits per heavy atom. The van der Waals surface area contributed by atoms with Crippen LogP contribution in [0, 0.1) is 0 Å². The highest BCUT2D eigenvalue weighted by Gasteiger charge is 2.21. The van der Waals surface area contributed by atoms with E-state index in [4.69, 9.17) is 18.9 Å². The number of aromatic nitrogens is 8. The van der Waals surface area contributed by atoms with Gasteiger partial charge in [0.1, 0.15) is 40.6 Å². The first-order chi connectivity index (χ1) is 29.1. The lowest BCUT2D eigenvalue weighted by molar-refractivity contribution is 0.0908. The van der Waals surface area contributed by atoms with Crippen molar-refractivity contribution < 1.29 is 24.1 Å². The van der Waals surface area contributed by atoms with Gasteiger partial charge < -0.3 is 33.2 Å². The van der Waals surface area contributed by atoms with Gasteiger partial charge in [0, 0.05) is 88.8 Å². The first-order valence-corrected chi connectivity index (χ1v) is 28.7. The summed E-state index contributed by atoms with van der Waals surface area (Å²) >= 11 is 3.44. The molecule has 16 heteroatoms. The third-order valence-electron chi connectivity index (χ3n) is 10.8. The second kappa shape index (κ2) is 18.2. The first-order valence-electron chi connectivity index (χ1n) is 20.5. The van der Waals surface area contributed by atoms with Crippen LogP contribution in [0.1, 0.15) is 5.69 Å². The zero-order valence-corrected chi connectivity index (χ0v) is 40.5. The molecule has 0 aliphatic carbocycles. The summed E-state index contributed by atoms with van der Waals surface area (Å²) in [6, 6.07) is 18.6. The van der Waals surface area contributed by atoms with E-state index in [1.807, 2.05) is 25.2 Å². The van der Waals surface area contributed by atoms with E-state index in [2.05, 4.69) is 143 Å². The Morgan fingerprint density at radius 2 is 1.10 bits per heavy atom. The van der Waals surface area contributed by atoms with Crippen molar-refractivity contribution >= 4 is 76.2 Å². The number of nitrogens with zero attached hydrogens (tertiary/aromatic N) is 8. The van der Waals surface area contributed by atoms with Crippen LogP contribution in [0.15, 0.2) is 77.9 Å². The normalized spacial score (nSPS) is 12.2. The second-order valence-electron chi connectivity index (χ2n) is 17.8. The zero-order chi connectivity index (χ0) is 43.6. The summed E-state index contributed by atoms with van der Waals surface area (Å²) in [5.74, 6) is 1.65. The fraction of sp³-hybridized carbons (Fsp3) is 0.378. The number of methoxy groups -OCH3 is 2. The molecule has 6 heterocycles. The van der Waals surface area contributed by atoms with Gasteiger partial charge in [-0.3, -0.25) is 9.13 Å². The number of benzene rings is 2. The van der Waals surface area contributed by atoms with Gasteiger partial charge in [0.05, 0.1) is 50.3 Å². The number of rotatable bonds is 15. The number of aliphatic hydroxyl groups is 1. The van der Waals surface area contributed by atoms with Crippen LogP contribution in [0.25, 0.3) is 66.6 Å². The monoisotopic (exact) mass is 924 g/mol. The standard InChI is InChI=1S/C23H30N4O3Si.C22H27BrN4O2Si/c1-26-13-19(18-10-17(29-2)6-7-21(18)26)22-11-20-23(24-12-16(14-28)25-20)27(22)15-30-8-9-31(3,4)5;1-26-13-17(16-10-15(28-2)6-7-19(16)26)20-11-18-22(24-12-21(23)25-18)27(20)14-29-8-9-30(3,4)5/h6-7,10-13,28H,8-9,14-15H2,1-5H3;6-7,10-13H,8-9,14H2,1-5H3. The molecule has 0 aliphatic rings. The maximum atomic E-state index is 9.49. The lowest BCUT2D eigenvalue weighted by Crippen LogP contribution is -2.22. The van der Waals surface area contributed by atoms with Gasteiger partial charge in [0.25, 0.3) is 0 Å². The summed E-state index contributed by atoms with van der Waals surface area (Å²) in [4.78, 5) is 18.4. The molecule has 13 nitrogen and oxygen atoms in total. The van der Waals surface area contributed by atoms with Gasteiger partial charge in [-0.2, -0.15) is 0 Å². The van der Waals surface area contributed by atoms with Gasteiger partial charge in [0.2, 0.25) is 0 Å². The summed E-state index contributed by atoms with van der Waals surface area (Å²) in [5.41, 5.74) is 10.2. The molecule has 1 N–H and O–H groups in total. The van der Waals surface area contributed by atoms with E-state index in [9.17, 15) is 5.11 Å². The highest BCUT2D eigenvalue weighted by Crippen LogP contribution is 2.37. The lowest BCUT2D eigenvalue weighted by Gasteiger charge is -2.16. The van der Waals surface area contributed by atoms with Crippen LogP contribution in [0.2, 0.25) is 51.4 Å². The molecule has 0 amide bonds. The summed E-state index contributed by atoms with van der Waals surface area (Å²) in [5, 5.41) is 11.7. The number of aliphatic hydroxyl groups excluding tert-OH is 1.